The van der Waals surface area contributed by atoms with Gasteiger partial charge in [-0.1, -0.05) is 39.7 Å². The van der Waals surface area contributed by atoms with Gasteiger partial charge in [0.15, 0.2) is 0 Å². The molecule has 1 aromatic carbocycles. The van der Waals surface area contributed by atoms with E-state index in [9.17, 15) is 0 Å². The van der Waals surface area contributed by atoms with E-state index in [4.69, 9.17) is 16.3 Å². The van der Waals surface area contributed by atoms with Gasteiger partial charge >= 0.3 is 0 Å². The van der Waals surface area contributed by atoms with Crippen LogP contribution in [0.15, 0.2) is 24.3 Å². The highest BCUT2D eigenvalue weighted by atomic mass is 79.9. The molecule has 0 aliphatic heterocycles. The molecule has 0 heterocycles. The van der Waals surface area contributed by atoms with Crippen LogP contribution in [-0.2, 0) is 11.2 Å². The van der Waals surface area contributed by atoms with Gasteiger partial charge in [0, 0.05) is 24.1 Å². The van der Waals surface area contributed by atoms with Gasteiger partial charge in [-0.25, -0.2) is 0 Å². The van der Waals surface area contributed by atoms with Crippen molar-refractivity contribution in [3.8, 4) is 0 Å². The molecule has 0 N–H and O–H groups in total. The minimum atomic E-state index is 0.614. The van der Waals surface area contributed by atoms with E-state index in [1.165, 1.54) is 5.56 Å². The molecule has 0 saturated carbocycles. The van der Waals surface area contributed by atoms with E-state index >= 15 is 0 Å². The zero-order chi connectivity index (χ0) is 11.1. The van der Waals surface area contributed by atoms with E-state index in [1.54, 1.807) is 7.11 Å². The van der Waals surface area contributed by atoms with Crippen LogP contribution in [0.3, 0.4) is 0 Å². The summed E-state index contributed by atoms with van der Waals surface area (Å²) in [6, 6.07) is 8.06. The number of halogens is 2. The van der Waals surface area contributed by atoms with E-state index < -0.39 is 0 Å². The summed E-state index contributed by atoms with van der Waals surface area (Å²) in [7, 11) is 1.74. The SMILES string of the molecule is COCCC(CBr)Cc1cccc(Cl)c1. The van der Waals surface area contributed by atoms with E-state index in [2.05, 4.69) is 22.0 Å². The first-order valence-electron chi connectivity index (χ1n) is 5.05. The largest absolute Gasteiger partial charge is 0.385 e. The van der Waals surface area contributed by atoms with E-state index in [0.29, 0.717) is 5.92 Å². The summed E-state index contributed by atoms with van der Waals surface area (Å²) < 4.78 is 5.09. The summed E-state index contributed by atoms with van der Waals surface area (Å²) in [5.41, 5.74) is 1.29. The Labute approximate surface area is 105 Å². The molecule has 0 radical (unpaired) electrons. The summed E-state index contributed by atoms with van der Waals surface area (Å²) in [4.78, 5) is 0. The molecule has 84 valence electrons. The number of hydrogen-bond acceptors (Lipinski definition) is 1. The van der Waals surface area contributed by atoms with E-state index in [0.717, 1.165) is 29.8 Å². The van der Waals surface area contributed by atoms with Crippen LogP contribution in [0.5, 0.6) is 0 Å². The molecule has 3 heteroatoms. The Morgan fingerprint density at radius 1 is 1.47 bits per heavy atom. The highest BCUT2D eigenvalue weighted by molar-refractivity contribution is 9.09. The molecule has 0 aromatic heterocycles. The fraction of sp³-hybridized carbons (Fsp3) is 0.500. The molecule has 0 saturated heterocycles. The minimum Gasteiger partial charge on any atom is -0.385 e. The lowest BCUT2D eigenvalue weighted by atomic mass is 9.98. The van der Waals surface area contributed by atoms with Gasteiger partial charge < -0.3 is 4.74 Å². The number of hydrogen-bond donors (Lipinski definition) is 0. The normalized spacial score (nSPS) is 12.7. The number of rotatable bonds is 6. The number of methoxy groups -OCH3 is 1. The van der Waals surface area contributed by atoms with Crippen LogP contribution in [0.4, 0.5) is 0 Å². The molecular weight excluding hydrogens is 275 g/mol. The second kappa shape index (κ2) is 7.26. The summed E-state index contributed by atoms with van der Waals surface area (Å²) >= 11 is 9.47. The fourth-order valence-corrected chi connectivity index (χ4v) is 2.28. The third-order valence-corrected chi connectivity index (χ3v) is 3.51. The van der Waals surface area contributed by atoms with Crippen LogP contribution in [0.2, 0.25) is 5.02 Å². The standard InChI is InChI=1S/C12H16BrClO/c1-15-6-5-11(9-13)7-10-3-2-4-12(14)8-10/h2-4,8,11H,5-7,9H2,1H3. The maximum Gasteiger partial charge on any atom is 0.0465 e. The van der Waals surface area contributed by atoms with Gasteiger partial charge in [0.05, 0.1) is 0 Å². The lowest BCUT2D eigenvalue weighted by Crippen LogP contribution is -2.09. The van der Waals surface area contributed by atoms with Crippen molar-refractivity contribution in [3.05, 3.63) is 34.9 Å². The van der Waals surface area contributed by atoms with Crippen LogP contribution >= 0.6 is 27.5 Å². The van der Waals surface area contributed by atoms with Crippen molar-refractivity contribution in [1.29, 1.82) is 0 Å². The summed E-state index contributed by atoms with van der Waals surface area (Å²) in [6.07, 6.45) is 2.13. The molecule has 0 aliphatic rings. The number of ether oxygens (including phenoxy) is 1. The molecule has 0 amide bonds. The van der Waals surface area contributed by atoms with Crippen LogP contribution < -0.4 is 0 Å². The Morgan fingerprint density at radius 2 is 2.27 bits per heavy atom. The fourth-order valence-electron chi connectivity index (χ4n) is 1.52. The van der Waals surface area contributed by atoms with Crippen molar-refractivity contribution < 1.29 is 4.74 Å². The lowest BCUT2D eigenvalue weighted by molar-refractivity contribution is 0.181. The van der Waals surface area contributed by atoms with Gasteiger partial charge in [0.25, 0.3) is 0 Å². The molecule has 1 nitrogen and oxygen atoms in total. The van der Waals surface area contributed by atoms with Gasteiger partial charge in [0.2, 0.25) is 0 Å². The maximum atomic E-state index is 5.94. The minimum absolute atomic E-state index is 0.614. The van der Waals surface area contributed by atoms with Crippen molar-refractivity contribution in [3.63, 3.8) is 0 Å². The predicted molar refractivity (Wildman–Crippen MR) is 68.9 cm³/mol. The van der Waals surface area contributed by atoms with Crippen LogP contribution in [-0.4, -0.2) is 19.0 Å². The molecule has 0 aliphatic carbocycles. The van der Waals surface area contributed by atoms with Crippen molar-refractivity contribution >= 4 is 27.5 Å². The van der Waals surface area contributed by atoms with Crippen LogP contribution in [0.25, 0.3) is 0 Å². The first-order valence-corrected chi connectivity index (χ1v) is 6.55. The van der Waals surface area contributed by atoms with Gasteiger partial charge in [-0.3, -0.25) is 0 Å². The van der Waals surface area contributed by atoms with Crippen molar-refractivity contribution in [2.24, 2.45) is 5.92 Å². The zero-order valence-corrected chi connectivity index (χ0v) is 11.2. The van der Waals surface area contributed by atoms with Gasteiger partial charge in [0.1, 0.15) is 0 Å². The molecule has 1 atom stereocenters. The quantitative estimate of drug-likeness (QED) is 0.722. The third kappa shape index (κ3) is 5.01. The van der Waals surface area contributed by atoms with Crippen molar-refractivity contribution in [1.82, 2.24) is 0 Å². The zero-order valence-electron chi connectivity index (χ0n) is 8.88. The highest BCUT2D eigenvalue weighted by Gasteiger charge is 2.08. The first kappa shape index (κ1) is 13.0. The maximum absolute atomic E-state index is 5.94. The van der Waals surface area contributed by atoms with Gasteiger partial charge in [-0.2, -0.15) is 0 Å². The third-order valence-electron chi connectivity index (χ3n) is 2.36. The molecule has 1 unspecified atom stereocenters. The molecule has 15 heavy (non-hydrogen) atoms. The lowest BCUT2D eigenvalue weighted by Gasteiger charge is -2.13. The van der Waals surface area contributed by atoms with Crippen LogP contribution in [0.1, 0.15) is 12.0 Å². The molecule has 0 bridgehead atoms. The van der Waals surface area contributed by atoms with Gasteiger partial charge in [-0.05, 0) is 36.5 Å². The second-order valence-electron chi connectivity index (χ2n) is 3.64. The topological polar surface area (TPSA) is 9.23 Å². The Hall–Kier alpha value is -0.0500. The number of alkyl halides is 1. The van der Waals surface area contributed by atoms with E-state index in [-0.39, 0.29) is 0 Å². The number of benzene rings is 1. The molecule has 1 aromatic rings. The Kier molecular flexibility index (Phi) is 6.30. The van der Waals surface area contributed by atoms with Crippen molar-refractivity contribution in [2.45, 2.75) is 12.8 Å². The molecule has 0 spiro atoms. The summed E-state index contributed by atoms with van der Waals surface area (Å²) in [6.45, 7) is 0.816. The average Bonchev–Trinajstić information content (AvgIpc) is 2.24. The van der Waals surface area contributed by atoms with Gasteiger partial charge in [-0.15, -0.1) is 0 Å². The first-order chi connectivity index (χ1) is 7.26. The second-order valence-corrected chi connectivity index (χ2v) is 4.72. The molecular formula is C12H16BrClO. The Balaban J connectivity index is 2.50. The average molecular weight is 292 g/mol. The Bertz CT molecular complexity index is 291. The molecule has 1 rings (SSSR count). The monoisotopic (exact) mass is 290 g/mol. The molecule has 0 fully saturated rings. The summed E-state index contributed by atoms with van der Waals surface area (Å²) in [5.74, 6) is 0.614. The van der Waals surface area contributed by atoms with E-state index in [1.807, 2.05) is 18.2 Å². The highest BCUT2D eigenvalue weighted by Crippen LogP contribution is 2.18. The van der Waals surface area contributed by atoms with Crippen molar-refractivity contribution in [2.75, 3.05) is 19.0 Å². The summed E-state index contributed by atoms with van der Waals surface area (Å²) in [5, 5.41) is 1.82. The smallest absolute Gasteiger partial charge is 0.0465 e. The predicted octanol–water partition coefficient (Wildman–Crippen LogP) is 3.93. The van der Waals surface area contributed by atoms with Crippen LogP contribution in [0, 0.1) is 5.92 Å². The Morgan fingerprint density at radius 3 is 2.87 bits per heavy atom.